The molecule has 1 atom stereocenters. The van der Waals surface area contributed by atoms with Crippen molar-refractivity contribution in [2.24, 2.45) is 0 Å². The molecule has 1 aromatic carbocycles. The second-order valence-electron chi connectivity index (χ2n) is 8.99. The van der Waals surface area contributed by atoms with Gasteiger partial charge in [0.05, 0.1) is 12.4 Å². The highest BCUT2D eigenvalue weighted by Gasteiger charge is 2.21. The minimum absolute atomic E-state index is 0.190. The van der Waals surface area contributed by atoms with E-state index in [1.54, 1.807) is 10.8 Å². The molecule has 180 valence electrons. The summed E-state index contributed by atoms with van der Waals surface area (Å²) in [6.07, 6.45) is 8.95. The minimum atomic E-state index is -0.209. The van der Waals surface area contributed by atoms with Crippen LogP contribution in [-0.2, 0) is 11.3 Å². The molecule has 0 saturated carbocycles. The molecule has 1 unspecified atom stereocenters. The quantitative estimate of drug-likeness (QED) is 0.425. The van der Waals surface area contributed by atoms with Gasteiger partial charge in [-0.05, 0) is 54.7 Å². The van der Waals surface area contributed by atoms with Crippen molar-refractivity contribution in [1.82, 2.24) is 24.5 Å². The number of rotatable bonds is 7. The Balaban J connectivity index is 1.24. The Morgan fingerprint density at radius 1 is 1.17 bits per heavy atom. The van der Waals surface area contributed by atoms with Crippen molar-refractivity contribution in [2.45, 2.75) is 31.9 Å². The van der Waals surface area contributed by atoms with Gasteiger partial charge < -0.3 is 14.5 Å². The number of ether oxygens (including phenoxy) is 1. The largest absolute Gasteiger partial charge is 0.461 e. The van der Waals surface area contributed by atoms with Gasteiger partial charge in [0.1, 0.15) is 5.82 Å². The van der Waals surface area contributed by atoms with Crippen molar-refractivity contribution in [3.8, 4) is 11.6 Å². The first-order chi connectivity index (χ1) is 17.2. The van der Waals surface area contributed by atoms with Crippen molar-refractivity contribution in [2.75, 3.05) is 31.6 Å². The van der Waals surface area contributed by atoms with Crippen molar-refractivity contribution in [1.29, 1.82) is 0 Å². The van der Waals surface area contributed by atoms with Crippen LogP contribution in [0, 0.1) is 5.82 Å². The van der Waals surface area contributed by atoms with Crippen LogP contribution in [0.4, 0.5) is 10.3 Å². The van der Waals surface area contributed by atoms with Gasteiger partial charge in [0.15, 0.2) is 11.4 Å². The normalized spacial score (nSPS) is 18.8. The van der Waals surface area contributed by atoms with Gasteiger partial charge in [-0.3, -0.25) is 4.90 Å². The molecule has 0 amide bonds. The van der Waals surface area contributed by atoms with Crippen LogP contribution < -0.4 is 5.32 Å². The molecule has 1 N–H and O–H groups in total. The summed E-state index contributed by atoms with van der Waals surface area (Å²) in [5.74, 6) is 1.58. The summed E-state index contributed by atoms with van der Waals surface area (Å²) in [4.78, 5) is 11.8. The molecule has 1 fully saturated rings. The number of nitrogens with zero attached hydrogens (tertiary/aromatic N) is 5. The molecule has 0 radical (unpaired) electrons. The Hall–Kier alpha value is -3.56. The van der Waals surface area contributed by atoms with E-state index in [0.29, 0.717) is 30.6 Å². The third-order valence-electron chi connectivity index (χ3n) is 6.59. The Kier molecular flexibility index (Phi) is 6.01. The SMILES string of the molecule is Fc1ccc(C2=CCN(Cc3cnc(NCC4CCCO4)n4nc(-c5ccco5)nc34)CC2)cc1. The Morgan fingerprint density at radius 2 is 2.09 bits per heavy atom. The van der Waals surface area contributed by atoms with Crippen molar-refractivity contribution < 1.29 is 13.5 Å². The van der Waals surface area contributed by atoms with E-state index in [0.717, 1.165) is 55.7 Å². The molecule has 3 aromatic heterocycles. The van der Waals surface area contributed by atoms with E-state index in [1.165, 1.54) is 17.7 Å². The van der Waals surface area contributed by atoms with E-state index in [9.17, 15) is 4.39 Å². The van der Waals surface area contributed by atoms with Gasteiger partial charge in [-0.2, -0.15) is 4.52 Å². The van der Waals surface area contributed by atoms with E-state index in [4.69, 9.17) is 19.2 Å². The first-order valence-electron chi connectivity index (χ1n) is 12.0. The summed E-state index contributed by atoms with van der Waals surface area (Å²) in [6, 6.07) is 10.4. The Labute approximate surface area is 202 Å². The van der Waals surface area contributed by atoms with Gasteiger partial charge in [0, 0.05) is 44.5 Å². The highest BCUT2D eigenvalue weighted by atomic mass is 19.1. The molecule has 2 aliphatic rings. The van der Waals surface area contributed by atoms with Crippen LogP contribution in [0.3, 0.4) is 0 Å². The maximum atomic E-state index is 13.3. The van der Waals surface area contributed by atoms with E-state index in [-0.39, 0.29) is 11.9 Å². The number of benzene rings is 1. The highest BCUT2D eigenvalue weighted by molar-refractivity contribution is 5.66. The maximum absolute atomic E-state index is 13.3. The lowest BCUT2D eigenvalue weighted by atomic mass is 9.99. The summed E-state index contributed by atoms with van der Waals surface area (Å²) in [6.45, 7) is 3.89. The molecule has 0 spiro atoms. The number of fused-ring (bicyclic) bond motifs is 1. The smallest absolute Gasteiger partial charge is 0.226 e. The predicted octanol–water partition coefficient (Wildman–Crippen LogP) is 4.40. The summed E-state index contributed by atoms with van der Waals surface area (Å²) in [5.41, 5.74) is 4.09. The molecule has 35 heavy (non-hydrogen) atoms. The number of aromatic nitrogens is 4. The standard InChI is InChI=1S/C26H27FN6O2/c27-21-7-5-18(6-8-21)19-9-11-32(12-10-19)17-20-15-28-26(29-16-22-3-1-13-34-22)33-25(20)30-24(31-33)23-4-2-14-35-23/h2,4-9,14-15,22H,1,3,10-13,16-17H2,(H,28,29). The van der Waals surface area contributed by atoms with Crippen LogP contribution in [-0.4, -0.2) is 56.8 Å². The fourth-order valence-corrected chi connectivity index (χ4v) is 4.69. The van der Waals surface area contributed by atoms with Crippen LogP contribution in [0.1, 0.15) is 30.4 Å². The second kappa shape index (κ2) is 9.59. The van der Waals surface area contributed by atoms with E-state index in [2.05, 4.69) is 21.3 Å². The lowest BCUT2D eigenvalue weighted by molar-refractivity contribution is 0.120. The summed E-state index contributed by atoms with van der Waals surface area (Å²) in [7, 11) is 0. The lowest BCUT2D eigenvalue weighted by Crippen LogP contribution is -2.28. The topological polar surface area (TPSA) is 80.7 Å². The summed E-state index contributed by atoms with van der Waals surface area (Å²) in [5, 5.41) is 8.09. The van der Waals surface area contributed by atoms with Gasteiger partial charge in [-0.1, -0.05) is 18.2 Å². The third kappa shape index (κ3) is 4.69. The van der Waals surface area contributed by atoms with Crippen LogP contribution >= 0.6 is 0 Å². The van der Waals surface area contributed by atoms with Crippen LogP contribution in [0.2, 0.25) is 0 Å². The number of hydrogen-bond acceptors (Lipinski definition) is 7. The van der Waals surface area contributed by atoms with E-state index < -0.39 is 0 Å². The molecule has 8 nitrogen and oxygen atoms in total. The molecule has 6 rings (SSSR count). The molecule has 2 aliphatic heterocycles. The van der Waals surface area contributed by atoms with Crippen LogP contribution in [0.25, 0.3) is 22.8 Å². The van der Waals surface area contributed by atoms with Gasteiger partial charge in [0.25, 0.3) is 0 Å². The number of nitrogens with one attached hydrogen (secondary N) is 1. The number of halogens is 1. The maximum Gasteiger partial charge on any atom is 0.226 e. The summed E-state index contributed by atoms with van der Waals surface area (Å²) >= 11 is 0. The van der Waals surface area contributed by atoms with Crippen molar-refractivity contribution >= 4 is 17.2 Å². The second-order valence-corrected chi connectivity index (χ2v) is 8.99. The highest BCUT2D eigenvalue weighted by Crippen LogP contribution is 2.26. The number of furan rings is 1. The van der Waals surface area contributed by atoms with E-state index in [1.807, 2.05) is 30.5 Å². The predicted molar refractivity (Wildman–Crippen MR) is 130 cm³/mol. The molecule has 5 heterocycles. The monoisotopic (exact) mass is 474 g/mol. The van der Waals surface area contributed by atoms with Gasteiger partial charge >= 0.3 is 0 Å². The van der Waals surface area contributed by atoms with Crippen LogP contribution in [0.5, 0.6) is 0 Å². The molecular weight excluding hydrogens is 447 g/mol. The number of anilines is 1. The van der Waals surface area contributed by atoms with Crippen molar-refractivity contribution in [3.63, 3.8) is 0 Å². The van der Waals surface area contributed by atoms with Crippen LogP contribution in [0.15, 0.2) is 59.4 Å². The Bertz CT molecular complexity index is 1330. The zero-order valence-corrected chi connectivity index (χ0v) is 19.4. The molecule has 0 bridgehead atoms. The summed E-state index contributed by atoms with van der Waals surface area (Å²) < 4.78 is 26.3. The molecule has 4 aromatic rings. The fourth-order valence-electron chi connectivity index (χ4n) is 4.69. The van der Waals surface area contributed by atoms with E-state index >= 15 is 0 Å². The van der Waals surface area contributed by atoms with Gasteiger partial charge in [-0.15, -0.1) is 5.10 Å². The zero-order valence-electron chi connectivity index (χ0n) is 19.4. The number of hydrogen-bond donors (Lipinski definition) is 1. The van der Waals surface area contributed by atoms with Crippen molar-refractivity contribution in [3.05, 3.63) is 71.9 Å². The average Bonchev–Trinajstić information content (AvgIpc) is 3.66. The first-order valence-corrected chi connectivity index (χ1v) is 12.0. The Morgan fingerprint density at radius 3 is 2.83 bits per heavy atom. The average molecular weight is 475 g/mol. The van der Waals surface area contributed by atoms with Gasteiger partial charge in [-0.25, -0.2) is 14.4 Å². The fraction of sp³-hybridized carbons (Fsp3) is 0.346. The third-order valence-corrected chi connectivity index (χ3v) is 6.59. The molecule has 9 heteroatoms. The molecule has 0 aliphatic carbocycles. The first kappa shape index (κ1) is 21.9. The molecular formula is C26H27FN6O2. The lowest BCUT2D eigenvalue weighted by Gasteiger charge is -2.26. The minimum Gasteiger partial charge on any atom is -0.461 e. The molecule has 1 saturated heterocycles. The van der Waals surface area contributed by atoms with Gasteiger partial charge in [0.2, 0.25) is 11.8 Å². The zero-order chi connectivity index (χ0) is 23.6.